The number of aliphatic hydroxyl groups excluding tert-OH is 1. The van der Waals surface area contributed by atoms with Gasteiger partial charge in [-0.1, -0.05) is 0 Å². The van der Waals surface area contributed by atoms with Gasteiger partial charge in [-0.15, -0.1) is 0 Å². The highest BCUT2D eigenvalue weighted by atomic mass is 16.3. The Hall–Kier alpha value is -1.46. The molecule has 0 atom stereocenters. The van der Waals surface area contributed by atoms with Gasteiger partial charge in [0.05, 0.1) is 29.4 Å². The molecule has 0 bridgehead atoms. The second kappa shape index (κ2) is 5.97. The summed E-state index contributed by atoms with van der Waals surface area (Å²) in [6, 6.07) is 0.217. The van der Waals surface area contributed by atoms with Crippen LogP contribution in [0.25, 0.3) is 0 Å². The van der Waals surface area contributed by atoms with Crippen molar-refractivity contribution in [1.29, 1.82) is 0 Å². The zero-order chi connectivity index (χ0) is 16.5. The van der Waals surface area contributed by atoms with Gasteiger partial charge in [-0.25, -0.2) is 0 Å². The molecule has 0 aromatic carbocycles. The van der Waals surface area contributed by atoms with Crippen LogP contribution in [0.1, 0.15) is 57.4 Å². The summed E-state index contributed by atoms with van der Waals surface area (Å²) >= 11 is 0. The number of aliphatic imine (C=N–C) groups is 1. The predicted molar refractivity (Wildman–Crippen MR) is 87.3 cm³/mol. The monoisotopic (exact) mass is 306 g/mol. The molecule has 5 heteroatoms. The quantitative estimate of drug-likeness (QED) is 0.736. The molecule has 0 amide bonds. The van der Waals surface area contributed by atoms with E-state index in [0.717, 1.165) is 12.8 Å². The van der Waals surface area contributed by atoms with Gasteiger partial charge in [0.2, 0.25) is 0 Å². The number of aromatic nitrogens is 1. The second-order valence-electron chi connectivity index (χ2n) is 7.75. The third kappa shape index (κ3) is 3.84. The van der Waals surface area contributed by atoms with Crippen LogP contribution in [0.2, 0.25) is 0 Å². The Labute approximate surface area is 132 Å². The Kier molecular flexibility index (Phi) is 4.59. The molecule has 1 aliphatic heterocycles. The number of quaternary nitrogens is 1. The van der Waals surface area contributed by atoms with E-state index in [0.29, 0.717) is 16.8 Å². The highest BCUT2D eigenvalue weighted by molar-refractivity contribution is 5.85. The van der Waals surface area contributed by atoms with Crippen molar-refractivity contribution in [2.24, 2.45) is 4.99 Å². The Balaban J connectivity index is 2.27. The maximum Gasteiger partial charge on any atom is 0.145 e. The molecule has 2 rings (SSSR count). The van der Waals surface area contributed by atoms with Gasteiger partial charge in [0.15, 0.2) is 0 Å². The molecule has 0 spiro atoms. The molecule has 0 saturated carbocycles. The summed E-state index contributed by atoms with van der Waals surface area (Å²) in [5.41, 5.74) is 2.05. The SMILES string of the molecule is Cc1ncc(CO)c(C=NC2CC(C)(C)[NH2+]C(C)(C)C2)c1O. The highest BCUT2D eigenvalue weighted by Crippen LogP contribution is 2.26. The van der Waals surface area contributed by atoms with Crippen molar-refractivity contribution in [1.82, 2.24) is 4.98 Å². The van der Waals surface area contributed by atoms with E-state index in [9.17, 15) is 10.2 Å². The Morgan fingerprint density at radius 1 is 1.32 bits per heavy atom. The molecule has 0 unspecified atom stereocenters. The van der Waals surface area contributed by atoms with Crippen LogP contribution in [0.5, 0.6) is 5.75 Å². The van der Waals surface area contributed by atoms with E-state index in [2.05, 4.69) is 38.0 Å². The predicted octanol–water partition coefficient (Wildman–Crippen LogP) is 1.29. The van der Waals surface area contributed by atoms with Crippen LogP contribution in [0.3, 0.4) is 0 Å². The number of aromatic hydroxyl groups is 1. The van der Waals surface area contributed by atoms with E-state index in [1.807, 2.05) is 0 Å². The fraction of sp³-hybridized carbons (Fsp3) is 0.647. The summed E-state index contributed by atoms with van der Waals surface area (Å²) in [6.07, 6.45) is 5.29. The first-order chi connectivity index (χ1) is 10.1. The first-order valence-corrected chi connectivity index (χ1v) is 7.82. The third-order valence-corrected chi connectivity index (χ3v) is 4.25. The van der Waals surface area contributed by atoms with Gasteiger partial charge >= 0.3 is 0 Å². The van der Waals surface area contributed by atoms with Crippen molar-refractivity contribution >= 4 is 6.21 Å². The summed E-state index contributed by atoms with van der Waals surface area (Å²) in [5, 5.41) is 22.0. The van der Waals surface area contributed by atoms with Crippen molar-refractivity contribution in [3.63, 3.8) is 0 Å². The van der Waals surface area contributed by atoms with Crippen molar-refractivity contribution in [3.05, 3.63) is 23.0 Å². The molecule has 0 aliphatic carbocycles. The maximum absolute atomic E-state index is 10.2. The van der Waals surface area contributed by atoms with Gasteiger partial charge in [0.25, 0.3) is 0 Å². The minimum Gasteiger partial charge on any atom is -0.505 e. The Morgan fingerprint density at radius 3 is 2.45 bits per heavy atom. The molecule has 1 aromatic rings. The molecule has 1 aliphatic rings. The van der Waals surface area contributed by atoms with E-state index in [-0.39, 0.29) is 29.5 Å². The van der Waals surface area contributed by atoms with E-state index in [1.165, 1.54) is 0 Å². The normalized spacial score (nSPS) is 21.4. The summed E-state index contributed by atoms with van der Waals surface area (Å²) in [5.74, 6) is 0.108. The molecule has 1 saturated heterocycles. The van der Waals surface area contributed by atoms with Gasteiger partial charge in [-0.3, -0.25) is 9.98 Å². The van der Waals surface area contributed by atoms with E-state index >= 15 is 0 Å². The average Bonchev–Trinajstić information content (AvgIpc) is 2.37. The van der Waals surface area contributed by atoms with Crippen LogP contribution in [0.15, 0.2) is 11.2 Å². The number of nitrogens with two attached hydrogens (primary N) is 1. The Bertz CT molecular complexity index is 564. The molecule has 0 radical (unpaired) electrons. The lowest BCUT2D eigenvalue weighted by Crippen LogP contribution is -3.05. The largest absolute Gasteiger partial charge is 0.505 e. The molecule has 5 nitrogen and oxygen atoms in total. The second-order valence-corrected chi connectivity index (χ2v) is 7.75. The van der Waals surface area contributed by atoms with Gasteiger partial charge < -0.3 is 15.5 Å². The first-order valence-electron chi connectivity index (χ1n) is 7.82. The lowest BCUT2D eigenvalue weighted by molar-refractivity contribution is -0.787. The van der Waals surface area contributed by atoms with Crippen LogP contribution < -0.4 is 5.32 Å². The van der Waals surface area contributed by atoms with Crippen molar-refractivity contribution in [2.45, 2.75) is 71.2 Å². The topological polar surface area (TPSA) is 82.3 Å². The number of hydrogen-bond donors (Lipinski definition) is 3. The van der Waals surface area contributed by atoms with Crippen molar-refractivity contribution in [3.8, 4) is 5.75 Å². The smallest absolute Gasteiger partial charge is 0.145 e. The van der Waals surface area contributed by atoms with Crippen LogP contribution in [0, 0.1) is 6.92 Å². The summed E-state index contributed by atoms with van der Waals surface area (Å²) in [7, 11) is 0. The molecule has 2 heterocycles. The number of nitrogens with zero attached hydrogens (tertiary/aromatic N) is 2. The molecular formula is C17H28N3O2+. The first kappa shape index (κ1) is 16.9. The van der Waals surface area contributed by atoms with E-state index < -0.39 is 0 Å². The van der Waals surface area contributed by atoms with Crippen molar-refractivity contribution < 1.29 is 15.5 Å². The summed E-state index contributed by atoms with van der Waals surface area (Å²) in [4.78, 5) is 8.79. The number of aliphatic hydroxyl groups is 1. The fourth-order valence-corrected chi connectivity index (χ4v) is 3.67. The van der Waals surface area contributed by atoms with Gasteiger partial charge in [-0.2, -0.15) is 0 Å². The van der Waals surface area contributed by atoms with Crippen LogP contribution >= 0.6 is 0 Å². The zero-order valence-electron chi connectivity index (χ0n) is 14.2. The highest BCUT2D eigenvalue weighted by Gasteiger charge is 2.41. The minimum atomic E-state index is -0.155. The standard InChI is InChI=1S/C17H27N3O2/c1-11-15(22)14(12(10-21)8-18-11)9-19-13-6-16(2,3)20-17(4,5)7-13/h8-9,13,20-22H,6-7,10H2,1-5H3/p+1. The van der Waals surface area contributed by atoms with Gasteiger partial charge in [-0.05, 0) is 34.6 Å². The molecule has 22 heavy (non-hydrogen) atoms. The van der Waals surface area contributed by atoms with Crippen LogP contribution in [-0.2, 0) is 6.61 Å². The molecular weight excluding hydrogens is 278 g/mol. The lowest BCUT2D eigenvalue weighted by atomic mass is 9.80. The van der Waals surface area contributed by atoms with Crippen molar-refractivity contribution in [2.75, 3.05) is 0 Å². The zero-order valence-corrected chi connectivity index (χ0v) is 14.2. The average molecular weight is 306 g/mol. The maximum atomic E-state index is 10.2. The van der Waals surface area contributed by atoms with Gasteiger partial charge in [0.1, 0.15) is 5.75 Å². The van der Waals surface area contributed by atoms with Crippen LogP contribution in [-0.4, -0.2) is 38.5 Å². The molecule has 1 aromatic heterocycles. The van der Waals surface area contributed by atoms with Crippen LogP contribution in [0.4, 0.5) is 0 Å². The van der Waals surface area contributed by atoms with E-state index in [1.54, 1.807) is 19.3 Å². The number of piperidine rings is 1. The summed E-state index contributed by atoms with van der Waals surface area (Å²) in [6.45, 7) is 10.5. The molecule has 1 fully saturated rings. The lowest BCUT2D eigenvalue weighted by Gasteiger charge is -2.41. The fourth-order valence-electron chi connectivity index (χ4n) is 3.67. The minimum absolute atomic E-state index is 0.108. The number of pyridine rings is 1. The van der Waals surface area contributed by atoms with Gasteiger partial charge in [0, 0.05) is 36.4 Å². The molecule has 4 N–H and O–H groups in total. The number of aryl methyl sites for hydroxylation is 1. The van der Waals surface area contributed by atoms with E-state index in [4.69, 9.17) is 4.99 Å². The summed E-state index contributed by atoms with van der Waals surface area (Å²) < 4.78 is 0. The third-order valence-electron chi connectivity index (χ3n) is 4.25. The number of hydrogen-bond acceptors (Lipinski definition) is 4. The number of rotatable bonds is 3. The molecule has 122 valence electrons. The Morgan fingerprint density at radius 2 is 1.91 bits per heavy atom.